The van der Waals surface area contributed by atoms with Crippen LogP contribution in [0.1, 0.15) is 0 Å². The molecule has 0 aliphatic heterocycles. The van der Waals surface area contributed by atoms with Gasteiger partial charge in [-0.05, 0) is 12.1 Å². The number of anilines is 1. The maximum atomic E-state index is 8.81. The molecule has 7 nitrogen and oxygen atoms in total. The van der Waals surface area contributed by atoms with Crippen LogP contribution in [0, 0.1) is 0 Å². The van der Waals surface area contributed by atoms with E-state index >= 15 is 0 Å². The van der Waals surface area contributed by atoms with Gasteiger partial charge in [0.2, 0.25) is 5.75 Å². The van der Waals surface area contributed by atoms with Crippen LogP contribution in [0.25, 0.3) is 0 Å². The van der Waals surface area contributed by atoms with E-state index in [-0.39, 0.29) is 30.7 Å². The number of ether oxygens (including phenoxy) is 3. The molecule has 3 N–H and O–H groups in total. The van der Waals surface area contributed by atoms with Gasteiger partial charge in [0.1, 0.15) is 24.4 Å². The van der Waals surface area contributed by atoms with Crippen molar-refractivity contribution in [1.82, 2.24) is 9.97 Å². The smallest absolute Gasteiger partial charge is 0.263 e. The molecule has 1 aromatic heterocycles. The van der Waals surface area contributed by atoms with Crippen molar-refractivity contribution in [3.8, 4) is 23.1 Å². The summed E-state index contributed by atoms with van der Waals surface area (Å²) in [6, 6.07) is 4.93. The molecule has 112 valence electrons. The first kappa shape index (κ1) is 15.1. The molecule has 0 aliphatic carbocycles. The molecule has 0 atom stereocenters. The van der Waals surface area contributed by atoms with Crippen molar-refractivity contribution in [3.05, 3.63) is 29.5 Å². The number of nitrogens with two attached hydrogens (primary N) is 1. The van der Waals surface area contributed by atoms with Crippen molar-refractivity contribution >= 4 is 17.4 Å². The van der Waals surface area contributed by atoms with Crippen molar-refractivity contribution in [1.29, 1.82) is 0 Å². The summed E-state index contributed by atoms with van der Waals surface area (Å²) in [5.74, 6) is 1.24. The molecule has 0 spiro atoms. The molecule has 0 saturated heterocycles. The van der Waals surface area contributed by atoms with Gasteiger partial charge in [0.15, 0.2) is 5.82 Å². The van der Waals surface area contributed by atoms with Gasteiger partial charge in [0, 0.05) is 6.07 Å². The molecular formula is C13H14ClN3O4. The third-order valence-corrected chi connectivity index (χ3v) is 2.79. The number of nitrogen functional groups attached to an aromatic ring is 1. The van der Waals surface area contributed by atoms with Crippen molar-refractivity contribution in [2.24, 2.45) is 0 Å². The van der Waals surface area contributed by atoms with E-state index in [9.17, 15) is 0 Å². The van der Waals surface area contributed by atoms with Gasteiger partial charge in [-0.1, -0.05) is 11.6 Å². The lowest BCUT2D eigenvalue weighted by atomic mass is 10.3. The zero-order valence-electron chi connectivity index (χ0n) is 11.2. The molecule has 0 fully saturated rings. The Labute approximate surface area is 126 Å². The number of benzene rings is 1. The van der Waals surface area contributed by atoms with Crippen LogP contribution < -0.4 is 19.9 Å². The second-order valence-corrected chi connectivity index (χ2v) is 4.27. The van der Waals surface area contributed by atoms with Crippen LogP contribution in [0.3, 0.4) is 0 Å². The average molecular weight is 312 g/mol. The average Bonchev–Trinajstić information content (AvgIpc) is 2.49. The lowest BCUT2D eigenvalue weighted by Crippen LogP contribution is -2.06. The highest BCUT2D eigenvalue weighted by Crippen LogP contribution is 2.38. The Balaban J connectivity index is 2.34. The number of aromatic nitrogens is 2. The predicted octanol–water partition coefficient (Wildman–Crippen LogP) is 1.88. The summed E-state index contributed by atoms with van der Waals surface area (Å²) in [5, 5.41) is 9.18. The van der Waals surface area contributed by atoms with Gasteiger partial charge in [-0.25, -0.2) is 4.98 Å². The summed E-state index contributed by atoms with van der Waals surface area (Å²) < 4.78 is 16.0. The van der Waals surface area contributed by atoms with Crippen LogP contribution in [-0.2, 0) is 0 Å². The maximum absolute atomic E-state index is 8.81. The van der Waals surface area contributed by atoms with E-state index in [1.807, 2.05) is 0 Å². The van der Waals surface area contributed by atoms with Gasteiger partial charge in [0.25, 0.3) is 5.88 Å². The van der Waals surface area contributed by atoms with Gasteiger partial charge in [-0.2, -0.15) is 4.98 Å². The van der Waals surface area contributed by atoms with Crippen LogP contribution >= 0.6 is 11.6 Å². The summed E-state index contributed by atoms with van der Waals surface area (Å²) in [4.78, 5) is 7.76. The number of methoxy groups -OCH3 is 1. The Morgan fingerprint density at radius 3 is 2.86 bits per heavy atom. The van der Waals surface area contributed by atoms with E-state index in [1.165, 1.54) is 13.4 Å². The number of halogens is 1. The number of rotatable bonds is 6. The third kappa shape index (κ3) is 3.65. The van der Waals surface area contributed by atoms with Gasteiger partial charge < -0.3 is 25.1 Å². The largest absolute Gasteiger partial charge is 0.497 e. The molecule has 0 saturated carbocycles. The summed E-state index contributed by atoms with van der Waals surface area (Å²) in [7, 11) is 1.53. The summed E-state index contributed by atoms with van der Waals surface area (Å²) in [5.41, 5.74) is 5.77. The normalized spacial score (nSPS) is 10.2. The Bertz CT molecular complexity index is 624. The fraction of sp³-hybridized carbons (Fsp3) is 0.231. The first-order valence-corrected chi connectivity index (χ1v) is 6.39. The lowest BCUT2D eigenvalue weighted by molar-refractivity contribution is 0.192. The Kier molecular flexibility index (Phi) is 5.02. The zero-order valence-corrected chi connectivity index (χ0v) is 12.0. The molecule has 1 aromatic carbocycles. The SMILES string of the molecule is COc1ccc(Cl)c(Oc2c(N)ncnc2OCCO)c1. The number of hydrogen-bond donors (Lipinski definition) is 2. The standard InChI is InChI=1S/C13H14ClN3O4/c1-19-8-2-3-9(14)10(6-8)21-11-12(15)16-7-17-13(11)20-5-4-18/h2-3,6-7,18H,4-5H2,1H3,(H2,15,16,17). The van der Waals surface area contributed by atoms with Crippen LogP contribution in [-0.4, -0.2) is 35.4 Å². The number of hydrogen-bond acceptors (Lipinski definition) is 7. The number of aliphatic hydroxyl groups excluding tert-OH is 1. The monoisotopic (exact) mass is 311 g/mol. The number of nitrogens with zero attached hydrogens (tertiary/aromatic N) is 2. The van der Waals surface area contributed by atoms with E-state index < -0.39 is 0 Å². The highest BCUT2D eigenvalue weighted by atomic mass is 35.5. The minimum Gasteiger partial charge on any atom is -0.497 e. The van der Waals surface area contributed by atoms with Gasteiger partial charge in [-0.15, -0.1) is 0 Å². The highest BCUT2D eigenvalue weighted by molar-refractivity contribution is 6.32. The molecule has 0 unspecified atom stereocenters. The van der Waals surface area contributed by atoms with E-state index in [4.69, 9.17) is 36.7 Å². The van der Waals surface area contributed by atoms with E-state index in [2.05, 4.69) is 9.97 Å². The molecule has 0 radical (unpaired) electrons. The minimum atomic E-state index is -0.163. The molecule has 2 rings (SSSR count). The van der Waals surface area contributed by atoms with E-state index in [0.29, 0.717) is 16.5 Å². The fourth-order valence-corrected chi connectivity index (χ4v) is 1.67. The van der Waals surface area contributed by atoms with E-state index in [0.717, 1.165) is 0 Å². The van der Waals surface area contributed by atoms with Crippen molar-refractivity contribution in [2.75, 3.05) is 26.1 Å². The zero-order chi connectivity index (χ0) is 15.2. The minimum absolute atomic E-state index is 0.0542. The molecule has 0 bridgehead atoms. The van der Waals surface area contributed by atoms with Crippen LogP contribution in [0.4, 0.5) is 5.82 Å². The lowest BCUT2D eigenvalue weighted by Gasteiger charge is -2.13. The summed E-state index contributed by atoms with van der Waals surface area (Å²) in [6.07, 6.45) is 1.24. The maximum Gasteiger partial charge on any atom is 0.263 e. The van der Waals surface area contributed by atoms with E-state index in [1.54, 1.807) is 18.2 Å². The molecule has 8 heteroatoms. The third-order valence-electron chi connectivity index (χ3n) is 2.48. The van der Waals surface area contributed by atoms with Crippen molar-refractivity contribution in [2.45, 2.75) is 0 Å². The van der Waals surface area contributed by atoms with Crippen molar-refractivity contribution in [3.63, 3.8) is 0 Å². The summed E-state index contributed by atoms with van der Waals surface area (Å²) in [6.45, 7) is -0.109. The molecule has 0 aliphatic rings. The second kappa shape index (κ2) is 6.96. The van der Waals surface area contributed by atoms with Crippen LogP contribution in [0.2, 0.25) is 5.02 Å². The molecular weight excluding hydrogens is 298 g/mol. The first-order valence-electron chi connectivity index (χ1n) is 6.01. The Hall–Kier alpha value is -2.25. The molecule has 21 heavy (non-hydrogen) atoms. The molecule has 1 heterocycles. The second-order valence-electron chi connectivity index (χ2n) is 3.86. The number of aliphatic hydroxyl groups is 1. The topological polar surface area (TPSA) is 99.7 Å². The van der Waals surface area contributed by atoms with Crippen LogP contribution in [0.15, 0.2) is 24.5 Å². The molecule has 2 aromatic rings. The summed E-state index contributed by atoms with van der Waals surface area (Å²) >= 11 is 6.07. The molecule has 0 amide bonds. The Morgan fingerprint density at radius 2 is 2.14 bits per heavy atom. The van der Waals surface area contributed by atoms with Gasteiger partial charge in [0.05, 0.1) is 18.7 Å². The fourth-order valence-electron chi connectivity index (χ4n) is 1.51. The van der Waals surface area contributed by atoms with Crippen molar-refractivity contribution < 1.29 is 19.3 Å². The van der Waals surface area contributed by atoms with Gasteiger partial charge >= 0.3 is 0 Å². The van der Waals surface area contributed by atoms with Gasteiger partial charge in [-0.3, -0.25) is 0 Å². The quantitative estimate of drug-likeness (QED) is 0.840. The Morgan fingerprint density at radius 1 is 1.33 bits per heavy atom. The first-order chi connectivity index (χ1) is 10.2. The predicted molar refractivity (Wildman–Crippen MR) is 77.1 cm³/mol. The van der Waals surface area contributed by atoms with Crippen LogP contribution in [0.5, 0.6) is 23.1 Å². The highest BCUT2D eigenvalue weighted by Gasteiger charge is 2.15.